The van der Waals surface area contributed by atoms with Gasteiger partial charge < -0.3 is 12.8 Å². The smallest absolute Gasteiger partial charge is 0 e. The molecule has 1 radical (unpaired) electrons. The maximum Gasteiger partial charge on any atom is 0 e. The van der Waals surface area contributed by atoms with E-state index < -0.39 is 0 Å². The summed E-state index contributed by atoms with van der Waals surface area (Å²) in [4.78, 5) is 0. The van der Waals surface area contributed by atoms with Gasteiger partial charge in [0.15, 0.2) is 0 Å². The molecule has 3 heteroatoms. The molecule has 2 fully saturated rings. The predicted octanol–water partition coefficient (Wildman–Crippen LogP) is 3.77. The Bertz CT molecular complexity index is 116. The van der Waals surface area contributed by atoms with E-state index in [4.69, 9.17) is 0 Å². The van der Waals surface area contributed by atoms with Crippen molar-refractivity contribution in [3.8, 4) is 0 Å². The third kappa shape index (κ3) is 6.72. The van der Waals surface area contributed by atoms with Crippen molar-refractivity contribution >= 4 is 0 Å². The van der Waals surface area contributed by atoms with E-state index in [1.54, 1.807) is 0 Å². The van der Waals surface area contributed by atoms with Crippen LogP contribution >= 0.6 is 0 Å². The van der Waals surface area contributed by atoms with Crippen LogP contribution in [-0.4, -0.2) is 0 Å². The third-order valence-electron chi connectivity index (χ3n) is 3.63. The maximum atomic E-state index is 2.48. The molecule has 85 valence electrons. The van der Waals surface area contributed by atoms with Gasteiger partial charge in [0.1, 0.15) is 0 Å². The van der Waals surface area contributed by atoms with Crippen molar-refractivity contribution in [1.29, 1.82) is 0 Å². The van der Waals surface area contributed by atoms with Crippen LogP contribution in [0, 0.1) is 55.8 Å². The van der Waals surface area contributed by atoms with Crippen molar-refractivity contribution in [2.45, 2.75) is 51.4 Å². The molecule has 2 aliphatic rings. The Hall–Kier alpha value is 2.32. The largest absolute Gasteiger partial charge is 0.328 e. The number of hydrogen-bond donors (Lipinski definition) is 0. The molecule has 2 saturated carbocycles. The van der Waals surface area contributed by atoms with Crippen molar-refractivity contribution in [3.63, 3.8) is 0 Å². The van der Waals surface area contributed by atoms with Crippen molar-refractivity contribution < 1.29 is 70.7 Å². The Balaban J connectivity index is 0. The molecular weight excluding hydrogens is 617 g/mol. The first kappa shape index (κ1) is 19.7. The van der Waals surface area contributed by atoms with E-state index in [-0.39, 0.29) is 70.7 Å². The van der Waals surface area contributed by atoms with Gasteiger partial charge in [0.25, 0.3) is 0 Å². The van der Waals surface area contributed by atoms with E-state index in [0.29, 0.717) is 0 Å². The summed E-state index contributed by atoms with van der Waals surface area (Å²) in [6.07, 6.45) is 16.5. The summed E-state index contributed by atoms with van der Waals surface area (Å²) < 4.78 is 0. The van der Waals surface area contributed by atoms with E-state index in [1.807, 2.05) is 0 Å². The second-order valence-corrected chi connectivity index (χ2v) is 4.41. The molecule has 0 aliphatic heterocycles. The van der Waals surface area contributed by atoms with Crippen molar-refractivity contribution in [2.75, 3.05) is 0 Å². The maximum absolute atomic E-state index is 2.48. The molecule has 0 heterocycles. The fourth-order valence-corrected chi connectivity index (χ4v) is 2.85. The van der Waals surface area contributed by atoms with Gasteiger partial charge in [-0.25, -0.2) is 0 Å². The molecule has 0 aromatic carbocycles. The van der Waals surface area contributed by atoms with Gasteiger partial charge in [-0.05, 0) is 11.8 Å². The molecular formula is C12H20UVW-2. The van der Waals surface area contributed by atoms with E-state index in [0.717, 1.165) is 11.8 Å². The number of rotatable bonds is 1. The van der Waals surface area contributed by atoms with Gasteiger partial charge in [0.2, 0.25) is 0 Å². The molecule has 15 heavy (non-hydrogen) atoms. The molecule has 0 saturated heterocycles. The zero-order valence-corrected chi connectivity index (χ0v) is 17.8. The normalized spacial score (nSPS) is 23.2. The monoisotopic (exact) mass is 637 g/mol. The Morgan fingerprint density at radius 2 is 0.933 bits per heavy atom. The van der Waals surface area contributed by atoms with Crippen LogP contribution in [0.2, 0.25) is 0 Å². The van der Waals surface area contributed by atoms with Gasteiger partial charge in [0.05, 0.1) is 0 Å². The summed E-state index contributed by atoms with van der Waals surface area (Å²) in [5.74, 6) is 2.17. The summed E-state index contributed by atoms with van der Waals surface area (Å²) in [7, 11) is 0. The minimum atomic E-state index is 0. The molecule has 0 aromatic heterocycles. The molecule has 0 unspecified atom stereocenters. The van der Waals surface area contributed by atoms with Gasteiger partial charge in [-0.2, -0.15) is 25.7 Å². The van der Waals surface area contributed by atoms with Gasteiger partial charge in [-0.3, -0.25) is 0 Å². The average molecular weight is 637 g/mol. The average Bonchev–Trinajstić information content (AvgIpc) is 2.21. The first-order valence-corrected chi connectivity index (χ1v) is 5.60. The van der Waals surface area contributed by atoms with Crippen LogP contribution < -0.4 is 0 Å². The topological polar surface area (TPSA) is 0 Å². The SMILES string of the molecule is [CH-]1CCC(C2CC[CH-]CC2)CC1.[U].[V].[W]. The van der Waals surface area contributed by atoms with E-state index in [9.17, 15) is 0 Å². The second-order valence-electron chi connectivity index (χ2n) is 4.41. The van der Waals surface area contributed by atoms with E-state index in [2.05, 4.69) is 12.8 Å². The Kier molecular flexibility index (Phi) is 15.0. The standard InChI is InChI=1S/C12H20.U.V.W/c1-3-7-11(8-4-1)12-9-5-2-6-10-12;;;/h1-2,11-12H,3-10H2;;;/q-2;;;. The Morgan fingerprint density at radius 1 is 0.667 bits per heavy atom. The fourth-order valence-electron chi connectivity index (χ4n) is 2.85. The number of hydrogen-bond acceptors (Lipinski definition) is 0. The zero-order chi connectivity index (χ0) is 8.23. The van der Waals surface area contributed by atoms with Crippen LogP contribution in [0.25, 0.3) is 0 Å². The summed E-state index contributed by atoms with van der Waals surface area (Å²) >= 11 is 0. The molecule has 0 N–H and O–H groups in total. The van der Waals surface area contributed by atoms with Gasteiger partial charge in [-0.1, -0.05) is 25.7 Å². The van der Waals surface area contributed by atoms with Crippen LogP contribution in [0.3, 0.4) is 0 Å². The van der Waals surface area contributed by atoms with Crippen LogP contribution in [0.1, 0.15) is 51.4 Å². The van der Waals surface area contributed by atoms with Crippen LogP contribution in [-0.2, 0) is 39.6 Å². The first-order valence-electron chi connectivity index (χ1n) is 5.60. The van der Waals surface area contributed by atoms with Crippen LogP contribution in [0.4, 0.5) is 0 Å². The van der Waals surface area contributed by atoms with Gasteiger partial charge >= 0.3 is 0 Å². The summed E-state index contributed by atoms with van der Waals surface area (Å²) in [5.41, 5.74) is 0. The first-order chi connectivity index (χ1) is 5.97. The van der Waals surface area contributed by atoms with E-state index in [1.165, 1.54) is 51.4 Å². The van der Waals surface area contributed by atoms with Crippen LogP contribution in [0.15, 0.2) is 0 Å². The molecule has 0 nitrogen and oxygen atoms in total. The minimum absolute atomic E-state index is 0. The molecule has 2 aliphatic carbocycles. The van der Waals surface area contributed by atoms with Gasteiger partial charge in [-0.15, -0.1) is 0 Å². The van der Waals surface area contributed by atoms with Crippen molar-refractivity contribution in [3.05, 3.63) is 12.8 Å². The van der Waals surface area contributed by atoms with Crippen LogP contribution in [0.5, 0.6) is 0 Å². The summed E-state index contributed by atoms with van der Waals surface area (Å²) in [5, 5.41) is 0. The molecule has 0 amide bonds. The van der Waals surface area contributed by atoms with E-state index >= 15 is 0 Å². The minimum Gasteiger partial charge on any atom is -0.328 e. The summed E-state index contributed by atoms with van der Waals surface area (Å²) in [6, 6.07) is 0. The third-order valence-corrected chi connectivity index (χ3v) is 3.63. The van der Waals surface area contributed by atoms with Crippen molar-refractivity contribution in [1.82, 2.24) is 0 Å². The quantitative estimate of drug-likeness (QED) is 0.385. The molecule has 0 bridgehead atoms. The zero-order valence-electron chi connectivity index (χ0n) is 9.32. The van der Waals surface area contributed by atoms with Crippen molar-refractivity contribution in [2.24, 2.45) is 11.8 Å². The predicted molar refractivity (Wildman–Crippen MR) is 52.5 cm³/mol. The molecule has 2 rings (SSSR count). The molecule has 0 atom stereocenters. The Morgan fingerprint density at radius 3 is 1.20 bits per heavy atom. The fraction of sp³-hybridized carbons (Fsp3) is 0.833. The molecule has 0 aromatic rings. The second kappa shape index (κ2) is 11.4. The molecule has 0 spiro atoms. The Labute approximate surface area is 145 Å². The van der Waals surface area contributed by atoms with Gasteiger partial charge in [0, 0.05) is 70.7 Å². The summed E-state index contributed by atoms with van der Waals surface area (Å²) in [6.45, 7) is 0.